The van der Waals surface area contributed by atoms with E-state index in [4.69, 9.17) is 21.1 Å². The van der Waals surface area contributed by atoms with Crippen LogP contribution in [0.1, 0.15) is 33.2 Å². The molecule has 35 heavy (non-hydrogen) atoms. The van der Waals surface area contributed by atoms with Gasteiger partial charge in [-0.05, 0) is 73.2 Å². The van der Waals surface area contributed by atoms with Crippen molar-refractivity contribution in [2.75, 3.05) is 17.3 Å². The monoisotopic (exact) mass is 484 g/mol. The number of benzene rings is 4. The molecule has 0 saturated carbocycles. The fraction of sp³-hybridized carbons (Fsp3) is 0.138. The first kappa shape index (κ1) is 22.8. The third-order valence-corrected chi connectivity index (χ3v) is 6.32. The van der Waals surface area contributed by atoms with E-state index in [1.54, 1.807) is 24.1 Å². The van der Waals surface area contributed by atoms with E-state index in [-0.39, 0.29) is 5.91 Å². The number of anilines is 2. The van der Waals surface area contributed by atoms with E-state index < -0.39 is 6.17 Å². The number of hydrogen-bond acceptors (Lipinski definition) is 4. The van der Waals surface area contributed by atoms with Crippen LogP contribution in [-0.4, -0.2) is 13.0 Å². The average molecular weight is 485 g/mol. The Bertz CT molecular complexity index is 1350. The SMILES string of the molecule is COc1ccc(C2Nc3ccccc3C(=O)N2c2ccc(C)cc2)cc1COc1ccc(Cl)cc1. The summed E-state index contributed by atoms with van der Waals surface area (Å²) in [6.45, 7) is 2.34. The second-order valence-corrected chi connectivity index (χ2v) is 8.85. The number of methoxy groups -OCH3 is 1. The Balaban J connectivity index is 1.52. The molecule has 1 aliphatic heterocycles. The molecule has 0 aliphatic carbocycles. The Hall–Kier alpha value is -3.96. The molecule has 0 bridgehead atoms. The van der Waals surface area contributed by atoms with Crippen LogP contribution in [0.2, 0.25) is 5.02 Å². The van der Waals surface area contributed by atoms with Crippen molar-refractivity contribution in [3.63, 3.8) is 0 Å². The molecular formula is C29H25ClN2O3. The van der Waals surface area contributed by atoms with Gasteiger partial charge in [-0.1, -0.05) is 47.5 Å². The van der Waals surface area contributed by atoms with Crippen molar-refractivity contribution in [3.05, 3.63) is 118 Å². The standard InChI is InChI=1S/C29H25ClN2O3/c1-19-7-12-23(13-8-19)32-28(31-26-6-4-3-5-25(26)29(32)33)20-9-16-27(34-2)21(17-20)18-35-24-14-10-22(30)11-15-24/h3-17,28,31H,18H2,1-2H3. The van der Waals surface area contributed by atoms with Gasteiger partial charge in [0.1, 0.15) is 24.3 Å². The molecule has 1 atom stereocenters. The van der Waals surface area contributed by atoms with Gasteiger partial charge in [0.15, 0.2) is 0 Å². The van der Waals surface area contributed by atoms with Crippen LogP contribution in [0.4, 0.5) is 11.4 Å². The first-order valence-electron chi connectivity index (χ1n) is 11.3. The quantitative estimate of drug-likeness (QED) is 0.320. The van der Waals surface area contributed by atoms with Crippen molar-refractivity contribution >= 4 is 28.9 Å². The molecule has 1 N–H and O–H groups in total. The zero-order valence-corrected chi connectivity index (χ0v) is 20.3. The molecule has 6 heteroatoms. The van der Waals surface area contributed by atoms with Gasteiger partial charge in [0.2, 0.25) is 0 Å². The number of amides is 1. The zero-order valence-electron chi connectivity index (χ0n) is 19.5. The van der Waals surface area contributed by atoms with Gasteiger partial charge < -0.3 is 14.8 Å². The lowest BCUT2D eigenvalue weighted by atomic mass is 10.0. The summed E-state index contributed by atoms with van der Waals surface area (Å²) in [5, 5.41) is 4.21. The van der Waals surface area contributed by atoms with E-state index in [1.807, 2.05) is 85.8 Å². The lowest BCUT2D eigenvalue weighted by Crippen LogP contribution is -2.43. The normalized spacial score (nSPS) is 14.8. The number of ether oxygens (including phenoxy) is 2. The molecule has 0 radical (unpaired) electrons. The van der Waals surface area contributed by atoms with Crippen LogP contribution in [0.3, 0.4) is 0 Å². The van der Waals surface area contributed by atoms with Crippen molar-refractivity contribution in [2.24, 2.45) is 0 Å². The first-order valence-corrected chi connectivity index (χ1v) is 11.7. The van der Waals surface area contributed by atoms with E-state index in [9.17, 15) is 4.79 Å². The molecule has 5 rings (SSSR count). The van der Waals surface area contributed by atoms with Gasteiger partial charge in [-0.25, -0.2) is 0 Å². The van der Waals surface area contributed by atoms with Crippen LogP contribution in [0.25, 0.3) is 0 Å². The van der Waals surface area contributed by atoms with Crippen molar-refractivity contribution in [2.45, 2.75) is 19.7 Å². The molecule has 0 spiro atoms. The highest BCUT2D eigenvalue weighted by Crippen LogP contribution is 2.38. The second-order valence-electron chi connectivity index (χ2n) is 8.42. The van der Waals surface area contributed by atoms with Crippen molar-refractivity contribution in [1.29, 1.82) is 0 Å². The molecule has 4 aromatic carbocycles. The van der Waals surface area contributed by atoms with Gasteiger partial charge in [-0.3, -0.25) is 9.69 Å². The second kappa shape index (κ2) is 9.72. The van der Waals surface area contributed by atoms with Crippen molar-refractivity contribution in [3.8, 4) is 11.5 Å². The van der Waals surface area contributed by atoms with Crippen LogP contribution in [0.5, 0.6) is 11.5 Å². The minimum absolute atomic E-state index is 0.0528. The van der Waals surface area contributed by atoms with Gasteiger partial charge in [0.05, 0.1) is 12.7 Å². The van der Waals surface area contributed by atoms with Gasteiger partial charge >= 0.3 is 0 Å². The zero-order chi connectivity index (χ0) is 24.4. The van der Waals surface area contributed by atoms with E-state index in [2.05, 4.69) is 5.32 Å². The van der Waals surface area contributed by atoms with Gasteiger partial charge in [0, 0.05) is 22.0 Å². The van der Waals surface area contributed by atoms with E-state index in [0.29, 0.717) is 28.7 Å². The lowest BCUT2D eigenvalue weighted by molar-refractivity contribution is 0.0975. The summed E-state index contributed by atoms with van der Waals surface area (Å²) in [5.41, 5.74) is 5.20. The van der Waals surface area contributed by atoms with Crippen molar-refractivity contribution < 1.29 is 14.3 Å². The highest BCUT2D eigenvalue weighted by atomic mass is 35.5. The van der Waals surface area contributed by atoms with Gasteiger partial charge in [-0.15, -0.1) is 0 Å². The average Bonchev–Trinajstić information content (AvgIpc) is 2.89. The van der Waals surface area contributed by atoms with E-state index in [0.717, 1.165) is 28.1 Å². The maximum atomic E-state index is 13.7. The summed E-state index contributed by atoms with van der Waals surface area (Å²) in [6.07, 6.45) is -0.403. The van der Waals surface area contributed by atoms with Crippen molar-refractivity contribution in [1.82, 2.24) is 0 Å². The lowest BCUT2D eigenvalue weighted by Gasteiger charge is -2.38. The number of para-hydroxylation sites is 1. The Labute approximate surface area is 209 Å². The molecule has 5 nitrogen and oxygen atoms in total. The fourth-order valence-electron chi connectivity index (χ4n) is 4.23. The highest BCUT2D eigenvalue weighted by Gasteiger charge is 2.34. The summed E-state index contributed by atoms with van der Waals surface area (Å²) >= 11 is 5.99. The summed E-state index contributed by atoms with van der Waals surface area (Å²) in [6, 6.07) is 28.7. The highest BCUT2D eigenvalue weighted by molar-refractivity contribution is 6.30. The van der Waals surface area contributed by atoms with Crippen LogP contribution in [0.15, 0.2) is 91.0 Å². The molecule has 0 saturated heterocycles. The van der Waals surface area contributed by atoms with Crippen LogP contribution >= 0.6 is 11.6 Å². The van der Waals surface area contributed by atoms with Crippen LogP contribution < -0.4 is 19.7 Å². The molecule has 176 valence electrons. The summed E-state index contributed by atoms with van der Waals surface area (Å²) < 4.78 is 11.6. The number of fused-ring (bicyclic) bond motifs is 1. The van der Waals surface area contributed by atoms with Gasteiger partial charge in [-0.2, -0.15) is 0 Å². The Morgan fingerprint density at radius 1 is 0.943 bits per heavy atom. The maximum Gasteiger partial charge on any atom is 0.262 e. The predicted molar refractivity (Wildman–Crippen MR) is 140 cm³/mol. The minimum Gasteiger partial charge on any atom is -0.496 e. The molecule has 4 aromatic rings. The fourth-order valence-corrected chi connectivity index (χ4v) is 4.36. The molecule has 0 fully saturated rings. The van der Waals surface area contributed by atoms with Crippen LogP contribution in [-0.2, 0) is 6.61 Å². The van der Waals surface area contributed by atoms with E-state index >= 15 is 0 Å². The largest absolute Gasteiger partial charge is 0.496 e. The number of carbonyl (C=O) groups excluding carboxylic acids is 1. The number of aryl methyl sites for hydroxylation is 1. The van der Waals surface area contributed by atoms with Gasteiger partial charge in [0.25, 0.3) is 5.91 Å². The molecule has 1 amide bonds. The smallest absolute Gasteiger partial charge is 0.262 e. The first-order chi connectivity index (χ1) is 17.0. The number of carbonyl (C=O) groups is 1. The number of hydrogen-bond donors (Lipinski definition) is 1. The molecular weight excluding hydrogens is 460 g/mol. The Morgan fingerprint density at radius 2 is 1.69 bits per heavy atom. The summed E-state index contributed by atoms with van der Waals surface area (Å²) in [5.74, 6) is 1.37. The molecule has 1 unspecified atom stereocenters. The minimum atomic E-state index is -0.403. The number of rotatable bonds is 6. The summed E-state index contributed by atoms with van der Waals surface area (Å²) in [7, 11) is 1.64. The summed E-state index contributed by atoms with van der Waals surface area (Å²) in [4.78, 5) is 15.5. The predicted octanol–water partition coefficient (Wildman–Crippen LogP) is 7.01. The Kier molecular flexibility index (Phi) is 6.34. The number of nitrogens with zero attached hydrogens (tertiary/aromatic N) is 1. The molecule has 1 heterocycles. The van der Waals surface area contributed by atoms with E-state index in [1.165, 1.54) is 0 Å². The number of halogens is 1. The maximum absolute atomic E-state index is 13.7. The van der Waals surface area contributed by atoms with Crippen LogP contribution in [0, 0.1) is 6.92 Å². The third-order valence-electron chi connectivity index (χ3n) is 6.07. The molecule has 1 aliphatic rings. The Morgan fingerprint density at radius 3 is 2.43 bits per heavy atom. The third kappa shape index (κ3) is 4.68. The topological polar surface area (TPSA) is 50.8 Å². The number of nitrogens with one attached hydrogen (secondary N) is 1. The molecule has 0 aromatic heterocycles.